The van der Waals surface area contributed by atoms with Gasteiger partial charge in [0.1, 0.15) is 5.75 Å². The average molecular weight is 543 g/mol. The van der Waals surface area contributed by atoms with Crippen molar-refractivity contribution in [3.05, 3.63) is 29.8 Å². The maximum absolute atomic E-state index is 12.3. The van der Waals surface area contributed by atoms with Crippen molar-refractivity contribution in [2.75, 3.05) is 40.3 Å². The van der Waals surface area contributed by atoms with Crippen LogP contribution in [-0.2, 0) is 4.79 Å². The molecule has 0 radical (unpaired) electrons. The number of guanidine groups is 1. The lowest BCUT2D eigenvalue weighted by Crippen LogP contribution is -2.47. The first-order valence-corrected chi connectivity index (χ1v) is 11.3. The smallest absolute Gasteiger partial charge is 0.239 e. The predicted octanol–water partition coefficient (Wildman–Crippen LogP) is 3.06. The van der Waals surface area contributed by atoms with Crippen LogP contribution in [0.1, 0.15) is 56.6 Å². The number of likely N-dealkylation sites (tertiary alicyclic amines) is 1. The van der Waals surface area contributed by atoms with Gasteiger partial charge in [0.25, 0.3) is 0 Å². The van der Waals surface area contributed by atoms with Crippen molar-refractivity contribution in [2.45, 2.75) is 57.0 Å². The highest BCUT2D eigenvalue weighted by Crippen LogP contribution is 2.27. The van der Waals surface area contributed by atoms with Gasteiger partial charge < -0.3 is 20.7 Å². The van der Waals surface area contributed by atoms with Gasteiger partial charge in [-0.15, -0.1) is 24.0 Å². The lowest BCUT2D eigenvalue weighted by Gasteiger charge is -2.29. The van der Waals surface area contributed by atoms with Gasteiger partial charge in [-0.2, -0.15) is 0 Å². The average Bonchev–Trinajstić information content (AvgIpc) is 3.31. The van der Waals surface area contributed by atoms with Crippen molar-refractivity contribution in [3.8, 4) is 5.75 Å². The number of aliphatic imine (C=N–C) groups is 1. The molecule has 0 aromatic heterocycles. The number of amides is 1. The molecule has 1 amide bonds. The molecule has 0 spiro atoms. The number of hydrogen-bond acceptors (Lipinski definition) is 4. The number of methoxy groups -OCH3 is 1. The molecule has 1 aromatic carbocycles. The van der Waals surface area contributed by atoms with E-state index in [-0.39, 0.29) is 42.5 Å². The first-order valence-electron chi connectivity index (χ1n) is 11.3. The summed E-state index contributed by atoms with van der Waals surface area (Å²) in [7, 11) is 3.44. The van der Waals surface area contributed by atoms with Gasteiger partial charge in [-0.3, -0.25) is 14.7 Å². The summed E-state index contributed by atoms with van der Waals surface area (Å²) in [6.07, 6.45) is 8.36. The SMILES string of the molecule is CN=C(NCC(=O)NC1CCCCC1)NCC(c1cccc(OC)c1)N1CCCC1.I. The van der Waals surface area contributed by atoms with Gasteiger partial charge >= 0.3 is 0 Å². The van der Waals surface area contributed by atoms with Gasteiger partial charge in [0.2, 0.25) is 5.91 Å². The van der Waals surface area contributed by atoms with Crippen LogP contribution >= 0.6 is 24.0 Å². The summed E-state index contributed by atoms with van der Waals surface area (Å²) in [5.74, 6) is 1.56. The Bertz CT molecular complexity index is 703. The molecule has 3 rings (SSSR count). The van der Waals surface area contributed by atoms with E-state index in [2.05, 4.69) is 38.0 Å². The molecule has 174 valence electrons. The highest BCUT2D eigenvalue weighted by Gasteiger charge is 2.24. The summed E-state index contributed by atoms with van der Waals surface area (Å²) in [5, 5.41) is 9.72. The molecule has 7 nitrogen and oxygen atoms in total. The molecular formula is C23H38IN5O2. The lowest BCUT2D eigenvalue weighted by atomic mass is 9.95. The highest BCUT2D eigenvalue weighted by molar-refractivity contribution is 14.0. The fraction of sp³-hybridized carbons (Fsp3) is 0.652. The van der Waals surface area contributed by atoms with Crippen LogP contribution in [0.25, 0.3) is 0 Å². The molecule has 3 N–H and O–H groups in total. The summed E-state index contributed by atoms with van der Waals surface area (Å²) in [5.41, 5.74) is 1.23. The summed E-state index contributed by atoms with van der Waals surface area (Å²) in [6, 6.07) is 8.84. The summed E-state index contributed by atoms with van der Waals surface area (Å²) < 4.78 is 5.42. The van der Waals surface area contributed by atoms with Crippen LogP contribution in [0, 0.1) is 0 Å². The van der Waals surface area contributed by atoms with E-state index in [1.165, 1.54) is 37.7 Å². The Morgan fingerprint density at radius 1 is 1.16 bits per heavy atom. The van der Waals surface area contributed by atoms with Gasteiger partial charge in [-0.25, -0.2) is 0 Å². The normalized spacial score (nSPS) is 18.7. The molecule has 1 saturated carbocycles. The first-order chi connectivity index (χ1) is 14.7. The summed E-state index contributed by atoms with van der Waals surface area (Å²) in [4.78, 5) is 19.1. The molecule has 8 heteroatoms. The largest absolute Gasteiger partial charge is 0.497 e. The second kappa shape index (κ2) is 13.8. The number of hydrogen-bond donors (Lipinski definition) is 3. The van der Waals surface area contributed by atoms with Crippen LogP contribution in [0.5, 0.6) is 5.75 Å². The topological polar surface area (TPSA) is 78.0 Å². The Balaban J connectivity index is 0.00000341. The van der Waals surface area contributed by atoms with Crippen molar-refractivity contribution in [3.63, 3.8) is 0 Å². The van der Waals surface area contributed by atoms with Gasteiger partial charge in [0.15, 0.2) is 5.96 Å². The van der Waals surface area contributed by atoms with E-state index >= 15 is 0 Å². The van der Waals surface area contributed by atoms with Crippen LogP contribution < -0.4 is 20.7 Å². The molecule has 1 atom stereocenters. The Kier molecular flexibility index (Phi) is 11.4. The number of carbonyl (C=O) groups is 1. The number of halogens is 1. The molecule has 31 heavy (non-hydrogen) atoms. The van der Waals surface area contributed by atoms with E-state index < -0.39 is 0 Å². The maximum atomic E-state index is 12.3. The minimum Gasteiger partial charge on any atom is -0.497 e. The molecule has 1 aliphatic heterocycles. The molecule has 2 aliphatic rings. The van der Waals surface area contributed by atoms with Crippen LogP contribution in [0.2, 0.25) is 0 Å². The lowest BCUT2D eigenvalue weighted by molar-refractivity contribution is -0.120. The van der Waals surface area contributed by atoms with Gasteiger partial charge in [-0.05, 0) is 56.5 Å². The second-order valence-electron chi connectivity index (χ2n) is 8.24. The Morgan fingerprint density at radius 3 is 2.58 bits per heavy atom. The zero-order valence-electron chi connectivity index (χ0n) is 18.9. The van der Waals surface area contributed by atoms with Gasteiger partial charge in [0.05, 0.1) is 19.7 Å². The fourth-order valence-electron chi connectivity index (χ4n) is 4.46. The second-order valence-corrected chi connectivity index (χ2v) is 8.24. The number of nitrogens with one attached hydrogen (secondary N) is 3. The molecule has 1 unspecified atom stereocenters. The van der Waals surface area contributed by atoms with Crippen LogP contribution in [0.3, 0.4) is 0 Å². The zero-order valence-corrected chi connectivity index (χ0v) is 21.2. The minimum absolute atomic E-state index is 0. The first kappa shape index (κ1) is 25.7. The Labute approximate surface area is 203 Å². The van der Waals surface area contributed by atoms with E-state index in [0.717, 1.165) is 38.2 Å². The minimum atomic E-state index is 0. The van der Waals surface area contributed by atoms with E-state index in [0.29, 0.717) is 12.0 Å². The highest BCUT2D eigenvalue weighted by atomic mass is 127. The van der Waals surface area contributed by atoms with E-state index in [9.17, 15) is 4.79 Å². The summed E-state index contributed by atoms with van der Waals surface area (Å²) in [6.45, 7) is 3.15. The molecule has 2 fully saturated rings. The van der Waals surface area contributed by atoms with E-state index in [1.807, 2.05) is 12.1 Å². The molecule has 1 aromatic rings. The number of benzene rings is 1. The van der Waals surface area contributed by atoms with Crippen molar-refractivity contribution in [2.24, 2.45) is 4.99 Å². The standard InChI is InChI=1S/C23H37N5O2.HI/c1-24-23(26-17-22(29)27-19-10-4-3-5-11-19)25-16-21(28-13-6-7-14-28)18-9-8-12-20(15-18)30-2;/h8-9,12,15,19,21H,3-7,10-11,13-14,16-17H2,1-2H3,(H,27,29)(H2,24,25,26);1H. The van der Waals surface area contributed by atoms with Crippen molar-refractivity contribution >= 4 is 35.8 Å². The van der Waals surface area contributed by atoms with Gasteiger partial charge in [-0.1, -0.05) is 31.4 Å². The van der Waals surface area contributed by atoms with E-state index in [4.69, 9.17) is 4.74 Å². The third-order valence-electron chi connectivity index (χ3n) is 6.13. The molecular weight excluding hydrogens is 505 g/mol. The van der Waals surface area contributed by atoms with Crippen LogP contribution in [0.15, 0.2) is 29.3 Å². The molecule has 1 aliphatic carbocycles. The Hall–Kier alpha value is -1.55. The van der Waals surface area contributed by atoms with E-state index in [1.54, 1.807) is 14.2 Å². The third kappa shape index (κ3) is 8.14. The predicted molar refractivity (Wildman–Crippen MR) is 136 cm³/mol. The van der Waals surface area contributed by atoms with Crippen LogP contribution in [0.4, 0.5) is 0 Å². The fourth-order valence-corrected chi connectivity index (χ4v) is 4.46. The van der Waals surface area contributed by atoms with Crippen molar-refractivity contribution in [1.29, 1.82) is 0 Å². The van der Waals surface area contributed by atoms with Crippen molar-refractivity contribution < 1.29 is 9.53 Å². The van der Waals surface area contributed by atoms with Crippen LogP contribution in [-0.4, -0.2) is 63.1 Å². The summed E-state index contributed by atoms with van der Waals surface area (Å²) >= 11 is 0. The third-order valence-corrected chi connectivity index (χ3v) is 6.13. The maximum Gasteiger partial charge on any atom is 0.239 e. The number of carbonyl (C=O) groups excluding carboxylic acids is 1. The molecule has 0 bridgehead atoms. The monoisotopic (exact) mass is 543 g/mol. The Morgan fingerprint density at radius 2 is 1.90 bits per heavy atom. The molecule has 1 saturated heterocycles. The number of nitrogens with zero attached hydrogens (tertiary/aromatic N) is 2. The van der Waals surface area contributed by atoms with Gasteiger partial charge in [0, 0.05) is 19.6 Å². The molecule has 1 heterocycles. The zero-order chi connectivity index (χ0) is 21.2. The van der Waals surface area contributed by atoms with Crippen molar-refractivity contribution in [1.82, 2.24) is 20.9 Å². The quantitative estimate of drug-likeness (QED) is 0.267. The number of rotatable bonds is 8. The number of ether oxygens (including phenoxy) is 1.